The van der Waals surface area contributed by atoms with E-state index in [1.54, 1.807) is 0 Å². The lowest BCUT2D eigenvalue weighted by Crippen LogP contribution is -2.43. The lowest BCUT2D eigenvalue weighted by molar-refractivity contribution is 0.0345. The summed E-state index contributed by atoms with van der Waals surface area (Å²) in [5, 5.41) is 0.148. The molecule has 1 heterocycles. The van der Waals surface area contributed by atoms with Crippen molar-refractivity contribution in [1.29, 1.82) is 0 Å². The van der Waals surface area contributed by atoms with Crippen LogP contribution >= 0.6 is 11.6 Å². The molecule has 26 heavy (non-hydrogen) atoms. The first-order valence-corrected chi connectivity index (χ1v) is 10.1. The Labute approximate surface area is 157 Å². The van der Waals surface area contributed by atoms with Crippen LogP contribution in [0.4, 0.5) is 4.39 Å². The van der Waals surface area contributed by atoms with Crippen LogP contribution in [-0.2, 0) is 14.8 Å². The average Bonchev–Trinajstić information content (AvgIpc) is 2.62. The van der Waals surface area contributed by atoms with Crippen molar-refractivity contribution < 1.29 is 17.5 Å². The summed E-state index contributed by atoms with van der Waals surface area (Å²) in [6.45, 7) is 3.14. The fraction of sp³-hybridized carbons (Fsp3) is 0.333. The van der Waals surface area contributed by atoms with Crippen LogP contribution in [0.1, 0.15) is 11.6 Å². The molecule has 1 N–H and O–H groups in total. The topological polar surface area (TPSA) is 58.6 Å². The molecule has 8 heteroatoms. The summed E-state index contributed by atoms with van der Waals surface area (Å²) in [4.78, 5) is 1.71. The summed E-state index contributed by atoms with van der Waals surface area (Å²) in [5.41, 5.74) is 0.817. The molecule has 0 saturated carbocycles. The standard InChI is InChI=1S/C18H20ClFN2O3S/c19-15-6-7-18(16(20)12-15)26(23,24)21-17(14-4-2-1-3-5-14)13-22-8-10-25-11-9-22/h1-7,12,17,21H,8-11,13H2/t17-/m0/s1. The van der Waals surface area contributed by atoms with Crippen molar-refractivity contribution in [3.63, 3.8) is 0 Å². The molecule has 5 nitrogen and oxygen atoms in total. The number of ether oxygens (including phenoxy) is 1. The molecule has 140 valence electrons. The van der Waals surface area contributed by atoms with Crippen LogP contribution in [0.2, 0.25) is 5.02 Å². The molecule has 0 aromatic heterocycles. The van der Waals surface area contributed by atoms with Crippen molar-refractivity contribution in [2.75, 3.05) is 32.8 Å². The second-order valence-corrected chi connectivity index (χ2v) is 8.19. The number of nitrogens with one attached hydrogen (secondary N) is 1. The SMILES string of the molecule is O=S(=O)(N[C@@H](CN1CCOCC1)c1ccccc1)c1ccc(Cl)cc1F. The Hall–Kier alpha value is -1.51. The third kappa shape index (κ3) is 4.81. The van der Waals surface area contributed by atoms with Crippen molar-refractivity contribution in [3.8, 4) is 0 Å². The van der Waals surface area contributed by atoms with E-state index in [1.807, 2.05) is 30.3 Å². The van der Waals surface area contributed by atoms with Crippen molar-refractivity contribution >= 4 is 21.6 Å². The van der Waals surface area contributed by atoms with E-state index in [0.29, 0.717) is 19.8 Å². The summed E-state index contributed by atoms with van der Waals surface area (Å²) in [6, 6.07) is 12.3. The normalized spacial score (nSPS) is 17.2. The average molecular weight is 399 g/mol. The molecule has 0 radical (unpaired) electrons. The molecule has 0 bridgehead atoms. The van der Waals surface area contributed by atoms with Crippen LogP contribution < -0.4 is 4.72 Å². The first-order chi connectivity index (χ1) is 12.5. The number of rotatable bonds is 6. The molecule has 1 aliphatic heterocycles. The third-order valence-corrected chi connectivity index (χ3v) is 5.97. The lowest BCUT2D eigenvalue weighted by atomic mass is 10.1. The number of hydrogen-bond donors (Lipinski definition) is 1. The highest BCUT2D eigenvalue weighted by Crippen LogP contribution is 2.23. The Balaban J connectivity index is 1.86. The Morgan fingerprint density at radius 2 is 1.85 bits per heavy atom. The van der Waals surface area contributed by atoms with Crippen molar-refractivity contribution in [2.24, 2.45) is 0 Å². The first kappa shape index (κ1) is 19.3. The van der Waals surface area contributed by atoms with Gasteiger partial charge in [-0.05, 0) is 23.8 Å². The summed E-state index contributed by atoms with van der Waals surface area (Å²) in [5.74, 6) is -0.872. The number of hydrogen-bond acceptors (Lipinski definition) is 4. The summed E-state index contributed by atoms with van der Waals surface area (Å²) >= 11 is 5.72. The predicted octanol–water partition coefficient (Wildman–Crippen LogP) is 2.83. The number of nitrogens with zero attached hydrogens (tertiary/aromatic N) is 1. The summed E-state index contributed by atoms with van der Waals surface area (Å²) in [7, 11) is -4.05. The van der Waals surface area contributed by atoms with Gasteiger partial charge in [-0.15, -0.1) is 0 Å². The van der Waals surface area contributed by atoms with E-state index >= 15 is 0 Å². The van der Waals surface area contributed by atoms with Crippen molar-refractivity contribution in [2.45, 2.75) is 10.9 Å². The summed E-state index contributed by atoms with van der Waals surface area (Å²) < 4.78 is 47.6. The maximum atomic E-state index is 14.1. The Morgan fingerprint density at radius 3 is 2.50 bits per heavy atom. The van der Waals surface area contributed by atoms with Gasteiger partial charge in [-0.2, -0.15) is 0 Å². The minimum Gasteiger partial charge on any atom is -0.379 e. The predicted molar refractivity (Wildman–Crippen MR) is 98.2 cm³/mol. The van der Waals surface area contributed by atoms with Crippen LogP contribution in [0.25, 0.3) is 0 Å². The maximum Gasteiger partial charge on any atom is 0.244 e. The molecular weight excluding hydrogens is 379 g/mol. The number of sulfonamides is 1. The maximum absolute atomic E-state index is 14.1. The van der Waals surface area contributed by atoms with Gasteiger partial charge in [0.2, 0.25) is 10.0 Å². The second-order valence-electron chi connectivity index (χ2n) is 6.07. The molecule has 1 atom stereocenters. The molecule has 1 aliphatic rings. The van der Waals surface area contributed by atoms with Gasteiger partial charge in [0.25, 0.3) is 0 Å². The van der Waals surface area contributed by atoms with Gasteiger partial charge in [0, 0.05) is 24.7 Å². The molecule has 0 amide bonds. The highest BCUT2D eigenvalue weighted by Gasteiger charge is 2.26. The third-order valence-electron chi connectivity index (χ3n) is 4.23. The highest BCUT2D eigenvalue weighted by atomic mass is 35.5. The zero-order valence-corrected chi connectivity index (χ0v) is 15.6. The van der Waals surface area contributed by atoms with E-state index in [2.05, 4.69) is 9.62 Å². The highest BCUT2D eigenvalue weighted by molar-refractivity contribution is 7.89. The zero-order valence-electron chi connectivity index (χ0n) is 14.1. The molecular formula is C18H20ClFN2O3S. The van der Waals surface area contributed by atoms with E-state index in [9.17, 15) is 12.8 Å². The second kappa shape index (κ2) is 8.45. The number of halogens is 2. The van der Waals surface area contributed by atoms with Gasteiger partial charge in [-0.25, -0.2) is 17.5 Å². The Bertz CT molecular complexity index is 843. The molecule has 2 aromatic carbocycles. The van der Waals surface area contributed by atoms with Crippen LogP contribution in [-0.4, -0.2) is 46.2 Å². The fourth-order valence-electron chi connectivity index (χ4n) is 2.88. The lowest BCUT2D eigenvalue weighted by Gasteiger charge is -2.31. The van der Waals surface area contributed by atoms with E-state index in [4.69, 9.17) is 16.3 Å². The monoisotopic (exact) mass is 398 g/mol. The molecule has 3 rings (SSSR count). The smallest absolute Gasteiger partial charge is 0.244 e. The zero-order chi connectivity index (χ0) is 18.6. The minimum atomic E-state index is -4.05. The van der Waals surface area contributed by atoms with Crippen LogP contribution in [0, 0.1) is 5.82 Å². The van der Waals surface area contributed by atoms with E-state index in [0.717, 1.165) is 24.7 Å². The molecule has 1 fully saturated rings. The number of morpholine rings is 1. The Morgan fingerprint density at radius 1 is 1.15 bits per heavy atom. The van der Waals surface area contributed by atoms with Gasteiger partial charge in [0.05, 0.1) is 19.3 Å². The van der Waals surface area contributed by atoms with Crippen LogP contribution in [0.5, 0.6) is 0 Å². The fourth-order valence-corrected chi connectivity index (χ4v) is 4.32. The van der Waals surface area contributed by atoms with Crippen LogP contribution in [0.15, 0.2) is 53.4 Å². The molecule has 0 aliphatic carbocycles. The first-order valence-electron chi connectivity index (χ1n) is 8.28. The van der Waals surface area contributed by atoms with Crippen molar-refractivity contribution in [1.82, 2.24) is 9.62 Å². The van der Waals surface area contributed by atoms with E-state index in [1.165, 1.54) is 12.1 Å². The van der Waals surface area contributed by atoms with Gasteiger partial charge in [0.1, 0.15) is 10.7 Å². The molecule has 0 unspecified atom stereocenters. The van der Waals surface area contributed by atoms with E-state index < -0.39 is 26.8 Å². The van der Waals surface area contributed by atoms with Crippen LogP contribution in [0.3, 0.4) is 0 Å². The largest absolute Gasteiger partial charge is 0.379 e. The van der Waals surface area contributed by atoms with Gasteiger partial charge in [-0.1, -0.05) is 41.9 Å². The van der Waals surface area contributed by atoms with Gasteiger partial charge in [0.15, 0.2) is 0 Å². The van der Waals surface area contributed by atoms with Gasteiger partial charge in [-0.3, -0.25) is 4.90 Å². The quantitative estimate of drug-likeness (QED) is 0.812. The molecule has 1 saturated heterocycles. The van der Waals surface area contributed by atoms with E-state index in [-0.39, 0.29) is 5.02 Å². The van der Waals surface area contributed by atoms with Gasteiger partial charge >= 0.3 is 0 Å². The minimum absolute atomic E-state index is 0.148. The molecule has 2 aromatic rings. The van der Waals surface area contributed by atoms with Crippen molar-refractivity contribution in [3.05, 3.63) is 64.9 Å². The summed E-state index contributed by atoms with van der Waals surface area (Å²) in [6.07, 6.45) is 0. The Kier molecular flexibility index (Phi) is 6.26. The number of benzene rings is 2. The molecule has 0 spiro atoms. The van der Waals surface area contributed by atoms with Gasteiger partial charge < -0.3 is 4.74 Å².